The zero-order valence-corrected chi connectivity index (χ0v) is 15.4. The van der Waals surface area contributed by atoms with E-state index >= 15 is 0 Å². The summed E-state index contributed by atoms with van der Waals surface area (Å²) >= 11 is 0. The summed E-state index contributed by atoms with van der Waals surface area (Å²) in [5.74, 6) is 0. The van der Waals surface area contributed by atoms with Gasteiger partial charge in [0, 0.05) is 39.4 Å². The highest BCUT2D eigenvalue weighted by Crippen LogP contribution is 2.20. The van der Waals surface area contributed by atoms with Crippen molar-refractivity contribution in [1.29, 1.82) is 0 Å². The Morgan fingerprint density at radius 3 is 2.04 bits per heavy atom. The second-order valence-corrected chi connectivity index (χ2v) is 9.67. The third kappa shape index (κ3) is 3.61. The van der Waals surface area contributed by atoms with E-state index in [9.17, 15) is 16.8 Å². The first-order chi connectivity index (χ1) is 11.8. The lowest BCUT2D eigenvalue weighted by molar-refractivity contribution is 0.403. The number of rotatable bonds is 4. The van der Waals surface area contributed by atoms with Gasteiger partial charge in [0.05, 0.1) is 11.2 Å². The average Bonchev–Trinajstić information content (AvgIpc) is 2.88. The van der Waals surface area contributed by atoms with Crippen LogP contribution >= 0.6 is 0 Å². The van der Waals surface area contributed by atoms with E-state index in [0.29, 0.717) is 6.42 Å². The van der Waals surface area contributed by atoms with E-state index in [0.717, 1.165) is 0 Å². The van der Waals surface area contributed by atoms with E-state index in [2.05, 4.69) is 4.98 Å². The molecule has 2 heterocycles. The van der Waals surface area contributed by atoms with Crippen molar-refractivity contribution in [3.8, 4) is 0 Å². The molecule has 1 aromatic carbocycles. The van der Waals surface area contributed by atoms with Crippen molar-refractivity contribution in [3.05, 3.63) is 42.9 Å². The van der Waals surface area contributed by atoms with E-state index in [1.807, 2.05) is 0 Å². The van der Waals surface area contributed by atoms with Crippen molar-refractivity contribution < 1.29 is 16.8 Å². The normalized spacial score (nSPS) is 18.1. The van der Waals surface area contributed by atoms with Crippen LogP contribution in [0, 0.1) is 0 Å². The van der Waals surface area contributed by atoms with E-state index < -0.39 is 20.0 Å². The third-order valence-electron chi connectivity index (χ3n) is 4.08. The average molecular weight is 384 g/mol. The van der Waals surface area contributed by atoms with Gasteiger partial charge < -0.3 is 4.57 Å². The van der Waals surface area contributed by atoms with Crippen molar-refractivity contribution >= 4 is 20.0 Å². The Hall–Kier alpha value is -1.75. The Balaban J connectivity index is 1.79. The predicted octanol–water partition coefficient (Wildman–Crippen LogP) is 0.505. The fourth-order valence-corrected chi connectivity index (χ4v) is 5.67. The summed E-state index contributed by atoms with van der Waals surface area (Å²) in [6.07, 6.45) is 3.30. The summed E-state index contributed by atoms with van der Waals surface area (Å²) in [5.41, 5.74) is 0. The maximum Gasteiger partial charge on any atom is 0.262 e. The first-order valence-electron chi connectivity index (χ1n) is 7.85. The van der Waals surface area contributed by atoms with E-state index in [1.165, 1.54) is 21.1 Å². The van der Waals surface area contributed by atoms with E-state index in [4.69, 9.17) is 0 Å². The van der Waals surface area contributed by atoms with Crippen LogP contribution in [0.2, 0.25) is 0 Å². The molecule has 0 saturated carbocycles. The highest BCUT2D eigenvalue weighted by atomic mass is 32.2. The van der Waals surface area contributed by atoms with E-state index in [1.54, 1.807) is 41.9 Å². The fourth-order valence-electron chi connectivity index (χ4n) is 2.75. The Morgan fingerprint density at radius 1 is 0.880 bits per heavy atom. The maximum absolute atomic E-state index is 12.7. The molecule has 0 N–H and O–H groups in total. The lowest BCUT2D eigenvalue weighted by Crippen LogP contribution is -2.37. The van der Waals surface area contributed by atoms with Crippen molar-refractivity contribution in [2.45, 2.75) is 16.3 Å². The van der Waals surface area contributed by atoms with Gasteiger partial charge in [-0.05, 0) is 18.6 Å². The molecule has 0 unspecified atom stereocenters. The molecule has 136 valence electrons. The molecule has 1 saturated heterocycles. The van der Waals surface area contributed by atoms with Crippen LogP contribution in [0.1, 0.15) is 6.42 Å². The molecule has 1 aromatic heterocycles. The van der Waals surface area contributed by atoms with Crippen molar-refractivity contribution in [1.82, 2.24) is 18.2 Å². The highest BCUT2D eigenvalue weighted by Gasteiger charge is 2.32. The van der Waals surface area contributed by atoms with Crippen LogP contribution < -0.4 is 0 Å². The van der Waals surface area contributed by atoms with Gasteiger partial charge in [-0.2, -0.15) is 8.61 Å². The molecule has 3 rings (SSSR count). The van der Waals surface area contributed by atoms with Gasteiger partial charge in [-0.15, -0.1) is 0 Å². The molecule has 25 heavy (non-hydrogen) atoms. The first kappa shape index (κ1) is 18.1. The molecule has 0 aliphatic carbocycles. The van der Waals surface area contributed by atoms with Gasteiger partial charge in [-0.1, -0.05) is 18.2 Å². The monoisotopic (exact) mass is 384 g/mol. The van der Waals surface area contributed by atoms with Crippen LogP contribution in [0.3, 0.4) is 0 Å². The molecule has 2 aromatic rings. The number of sulfonamides is 2. The van der Waals surface area contributed by atoms with Gasteiger partial charge in [0.25, 0.3) is 10.0 Å². The number of aromatic nitrogens is 2. The van der Waals surface area contributed by atoms with Crippen LogP contribution in [0.15, 0.2) is 52.8 Å². The molecule has 0 radical (unpaired) electrons. The summed E-state index contributed by atoms with van der Waals surface area (Å²) in [6, 6.07) is 8.18. The van der Waals surface area contributed by atoms with E-state index in [-0.39, 0.29) is 36.1 Å². The van der Waals surface area contributed by atoms with Gasteiger partial charge in [-0.25, -0.2) is 21.8 Å². The van der Waals surface area contributed by atoms with Gasteiger partial charge in [-0.3, -0.25) is 0 Å². The van der Waals surface area contributed by atoms with Crippen LogP contribution in [0.4, 0.5) is 0 Å². The Kier molecular flexibility index (Phi) is 4.96. The Labute approximate surface area is 147 Å². The van der Waals surface area contributed by atoms with Crippen LogP contribution in [-0.4, -0.2) is 61.2 Å². The van der Waals surface area contributed by atoms with Crippen LogP contribution in [0.5, 0.6) is 0 Å². The largest absolute Gasteiger partial charge is 0.339 e. The number of imidazole rings is 1. The smallest absolute Gasteiger partial charge is 0.262 e. The Morgan fingerprint density at radius 2 is 1.48 bits per heavy atom. The maximum atomic E-state index is 12.7. The summed E-state index contributed by atoms with van der Waals surface area (Å²) in [4.78, 5) is 4.13. The zero-order chi connectivity index (χ0) is 18.1. The summed E-state index contributed by atoms with van der Waals surface area (Å²) in [7, 11) is -5.64. The first-order valence-corrected chi connectivity index (χ1v) is 10.7. The van der Waals surface area contributed by atoms with Gasteiger partial charge in [0.1, 0.15) is 0 Å². The Bertz CT molecular complexity index is 939. The topological polar surface area (TPSA) is 92.6 Å². The molecular formula is C15H20N4O4S2. The minimum atomic E-state index is -3.72. The number of hydrogen-bond acceptors (Lipinski definition) is 5. The molecule has 0 atom stereocenters. The van der Waals surface area contributed by atoms with Crippen LogP contribution in [0.25, 0.3) is 0 Å². The predicted molar refractivity (Wildman–Crippen MR) is 91.8 cm³/mol. The fraction of sp³-hybridized carbons (Fsp3) is 0.400. The van der Waals surface area contributed by atoms with Gasteiger partial charge >= 0.3 is 0 Å². The lowest BCUT2D eigenvalue weighted by atomic mass is 10.4. The number of hydrogen-bond donors (Lipinski definition) is 0. The molecular weight excluding hydrogens is 364 g/mol. The molecule has 0 spiro atoms. The van der Waals surface area contributed by atoms with Gasteiger partial charge in [0.15, 0.2) is 5.03 Å². The standard InChI is InChI=1S/C15H20N4O4S2/c1-17-12-15(16-13-17)25(22,23)19-9-5-8-18(10-11-19)24(20,21)14-6-3-2-4-7-14/h2-4,6-7,12-13H,5,8-11H2,1H3. The second kappa shape index (κ2) is 6.87. The number of nitrogens with zero attached hydrogens (tertiary/aromatic N) is 4. The lowest BCUT2D eigenvalue weighted by Gasteiger charge is -2.21. The second-order valence-electron chi connectivity index (χ2n) is 5.85. The summed E-state index contributed by atoms with van der Waals surface area (Å²) in [5, 5.41) is -0.0191. The highest BCUT2D eigenvalue weighted by molar-refractivity contribution is 7.89. The molecule has 0 bridgehead atoms. The van der Waals surface area contributed by atoms with Crippen molar-refractivity contribution in [2.24, 2.45) is 7.05 Å². The molecule has 1 fully saturated rings. The minimum Gasteiger partial charge on any atom is -0.339 e. The number of benzene rings is 1. The zero-order valence-electron chi connectivity index (χ0n) is 13.8. The van der Waals surface area contributed by atoms with Crippen molar-refractivity contribution in [3.63, 3.8) is 0 Å². The molecule has 1 aliphatic rings. The number of aryl methyl sites for hydroxylation is 1. The SMILES string of the molecule is Cn1cnc(S(=O)(=O)N2CCCN(S(=O)(=O)c3ccccc3)CC2)c1. The van der Waals surface area contributed by atoms with Gasteiger partial charge in [0.2, 0.25) is 10.0 Å². The molecule has 10 heteroatoms. The quantitative estimate of drug-likeness (QED) is 0.766. The summed E-state index contributed by atoms with van der Waals surface area (Å²) in [6.45, 7) is 0.763. The summed E-state index contributed by atoms with van der Waals surface area (Å²) < 4.78 is 55.0. The van der Waals surface area contributed by atoms with Crippen molar-refractivity contribution in [2.75, 3.05) is 26.2 Å². The minimum absolute atomic E-state index is 0.0191. The molecule has 0 amide bonds. The van der Waals surface area contributed by atoms with Crippen LogP contribution in [-0.2, 0) is 27.1 Å². The third-order valence-corrected chi connectivity index (χ3v) is 7.78. The molecule has 1 aliphatic heterocycles. The molecule has 8 nitrogen and oxygen atoms in total.